The van der Waals surface area contributed by atoms with E-state index in [-0.39, 0.29) is 13.0 Å². The van der Waals surface area contributed by atoms with Crippen molar-refractivity contribution in [3.05, 3.63) is 24.3 Å². The van der Waals surface area contributed by atoms with Crippen molar-refractivity contribution in [3.8, 4) is 0 Å². The summed E-state index contributed by atoms with van der Waals surface area (Å²) in [5.41, 5.74) is 0. The van der Waals surface area contributed by atoms with Gasteiger partial charge in [-0.15, -0.1) is 0 Å². The fraction of sp³-hybridized carbons (Fsp3) is 0.783. The smallest absolute Gasteiger partial charge is 0.308 e. The highest BCUT2D eigenvalue weighted by Gasteiger charge is 2.39. The number of unbranched alkanes of at least 4 members (excludes halogenated alkanes) is 8. The maximum absolute atomic E-state index is 11.8. The highest BCUT2D eigenvalue weighted by molar-refractivity contribution is 5.69. The van der Waals surface area contributed by atoms with Gasteiger partial charge < -0.3 is 24.8 Å². The topological polar surface area (TPSA) is 96.2 Å². The van der Waals surface area contributed by atoms with E-state index in [0.717, 1.165) is 44.9 Å². The molecule has 0 aromatic heterocycles. The largest absolute Gasteiger partial charge is 0.433 e. The van der Waals surface area contributed by atoms with Crippen LogP contribution in [0.2, 0.25) is 0 Å². The summed E-state index contributed by atoms with van der Waals surface area (Å²) in [6.45, 7) is 2.06. The predicted octanol–water partition coefficient (Wildman–Crippen LogP) is 3.78. The van der Waals surface area contributed by atoms with Gasteiger partial charge >= 0.3 is 5.97 Å². The SMILES string of the molecule is CCCCC/C=C\C/C=C\CCCCCCCC(=O)OC1OC[C@@H](O)[C@@H](O)[C@@H]1O. The summed E-state index contributed by atoms with van der Waals surface area (Å²) in [6.07, 6.45) is 16.3. The van der Waals surface area contributed by atoms with Gasteiger partial charge in [0, 0.05) is 6.42 Å². The number of hydrogen-bond acceptors (Lipinski definition) is 6. The van der Waals surface area contributed by atoms with Crippen molar-refractivity contribution in [2.24, 2.45) is 0 Å². The molecule has 0 saturated carbocycles. The number of hydrogen-bond donors (Lipinski definition) is 3. The Bertz CT molecular complexity index is 476. The van der Waals surface area contributed by atoms with Crippen LogP contribution < -0.4 is 0 Å². The molecule has 0 aromatic rings. The van der Waals surface area contributed by atoms with Crippen LogP contribution in [0.4, 0.5) is 0 Å². The van der Waals surface area contributed by atoms with Crippen molar-refractivity contribution in [2.45, 2.75) is 109 Å². The van der Waals surface area contributed by atoms with Crippen molar-refractivity contribution in [2.75, 3.05) is 6.61 Å². The number of aliphatic hydroxyl groups is 3. The minimum Gasteiger partial charge on any atom is -0.433 e. The Kier molecular flexibility index (Phi) is 14.8. The molecule has 1 fully saturated rings. The molecule has 1 unspecified atom stereocenters. The molecule has 1 aliphatic rings. The van der Waals surface area contributed by atoms with Gasteiger partial charge in [0.15, 0.2) is 0 Å². The van der Waals surface area contributed by atoms with E-state index in [0.29, 0.717) is 0 Å². The van der Waals surface area contributed by atoms with Gasteiger partial charge in [-0.1, -0.05) is 63.3 Å². The normalized spacial score (nSPS) is 25.1. The minimum atomic E-state index is -1.42. The first-order valence-electron chi connectivity index (χ1n) is 11.2. The molecule has 3 N–H and O–H groups in total. The Morgan fingerprint density at radius 2 is 1.52 bits per heavy atom. The van der Waals surface area contributed by atoms with Crippen molar-refractivity contribution in [1.82, 2.24) is 0 Å². The quantitative estimate of drug-likeness (QED) is 0.215. The molecule has 1 aliphatic heterocycles. The Morgan fingerprint density at radius 1 is 0.897 bits per heavy atom. The Labute approximate surface area is 175 Å². The van der Waals surface area contributed by atoms with Gasteiger partial charge in [-0.05, 0) is 38.5 Å². The molecule has 0 amide bonds. The summed E-state index contributed by atoms with van der Waals surface area (Å²) in [4.78, 5) is 11.8. The Morgan fingerprint density at radius 3 is 2.21 bits per heavy atom. The van der Waals surface area contributed by atoms with Crippen LogP contribution in [0.3, 0.4) is 0 Å². The van der Waals surface area contributed by atoms with E-state index in [1.54, 1.807) is 0 Å². The molecule has 168 valence electrons. The first-order valence-corrected chi connectivity index (χ1v) is 11.2. The van der Waals surface area contributed by atoms with Gasteiger partial charge in [0.05, 0.1) is 6.61 Å². The van der Waals surface area contributed by atoms with Crippen LogP contribution >= 0.6 is 0 Å². The molecule has 6 nitrogen and oxygen atoms in total. The van der Waals surface area contributed by atoms with E-state index in [9.17, 15) is 20.1 Å². The lowest BCUT2D eigenvalue weighted by molar-refractivity contribution is -0.262. The molecule has 29 heavy (non-hydrogen) atoms. The maximum Gasteiger partial charge on any atom is 0.308 e. The number of allylic oxidation sites excluding steroid dienone is 4. The highest BCUT2D eigenvalue weighted by Crippen LogP contribution is 2.18. The molecule has 1 heterocycles. The summed E-state index contributed by atoms with van der Waals surface area (Å²) in [7, 11) is 0. The van der Waals surface area contributed by atoms with Crippen LogP contribution in [0.25, 0.3) is 0 Å². The van der Waals surface area contributed by atoms with Gasteiger partial charge in [-0.2, -0.15) is 0 Å². The molecular formula is C23H40O6. The predicted molar refractivity (Wildman–Crippen MR) is 113 cm³/mol. The standard InChI is InChI=1S/C23H40O6/c1-2-3-4-5-6-7-8-9-10-11-12-13-14-15-16-17-20(25)29-23-22(27)21(26)19(24)18-28-23/h6-7,9-10,19,21-24,26-27H,2-5,8,11-18H2,1H3/b7-6-,10-9-/t19-,21-,22+,23?/m1/s1. The first-order chi connectivity index (χ1) is 14.1. The van der Waals surface area contributed by atoms with Gasteiger partial charge in [0.1, 0.15) is 18.3 Å². The van der Waals surface area contributed by atoms with Gasteiger partial charge in [-0.3, -0.25) is 4.79 Å². The molecule has 6 heteroatoms. The van der Waals surface area contributed by atoms with Crippen LogP contribution in [0.1, 0.15) is 84.0 Å². The molecule has 0 bridgehead atoms. The van der Waals surface area contributed by atoms with Gasteiger partial charge in [0.2, 0.25) is 6.29 Å². The van der Waals surface area contributed by atoms with Crippen LogP contribution in [0.5, 0.6) is 0 Å². The number of ether oxygens (including phenoxy) is 2. The van der Waals surface area contributed by atoms with Crippen LogP contribution in [-0.2, 0) is 14.3 Å². The molecule has 1 rings (SSSR count). The fourth-order valence-corrected chi connectivity index (χ4v) is 3.15. The summed E-state index contributed by atoms with van der Waals surface area (Å²) < 4.78 is 10.1. The molecule has 1 saturated heterocycles. The van der Waals surface area contributed by atoms with E-state index in [1.165, 1.54) is 25.7 Å². The maximum atomic E-state index is 11.8. The average Bonchev–Trinajstić information content (AvgIpc) is 2.71. The van der Waals surface area contributed by atoms with Crippen molar-refractivity contribution in [3.63, 3.8) is 0 Å². The van der Waals surface area contributed by atoms with Crippen molar-refractivity contribution in [1.29, 1.82) is 0 Å². The molecule has 4 atom stereocenters. The lowest BCUT2D eigenvalue weighted by Gasteiger charge is -2.34. The van der Waals surface area contributed by atoms with E-state index >= 15 is 0 Å². The third-order valence-corrected chi connectivity index (χ3v) is 5.03. The summed E-state index contributed by atoms with van der Waals surface area (Å²) in [5.74, 6) is -0.455. The van der Waals surface area contributed by atoms with Crippen LogP contribution in [0.15, 0.2) is 24.3 Å². The monoisotopic (exact) mass is 412 g/mol. The lowest BCUT2D eigenvalue weighted by atomic mass is 10.1. The first kappa shape index (κ1) is 25.8. The summed E-state index contributed by atoms with van der Waals surface area (Å²) in [5, 5.41) is 28.7. The molecular weight excluding hydrogens is 372 g/mol. The van der Waals surface area contributed by atoms with Gasteiger partial charge in [-0.25, -0.2) is 0 Å². The van der Waals surface area contributed by atoms with Gasteiger partial charge in [0.25, 0.3) is 0 Å². The van der Waals surface area contributed by atoms with Crippen molar-refractivity contribution >= 4 is 5.97 Å². The molecule has 0 radical (unpaired) electrons. The summed E-state index contributed by atoms with van der Waals surface area (Å²) >= 11 is 0. The number of rotatable bonds is 15. The second kappa shape index (κ2) is 16.6. The van der Waals surface area contributed by atoms with Crippen LogP contribution in [-0.4, -0.2) is 52.5 Å². The Hall–Kier alpha value is -1.21. The minimum absolute atomic E-state index is 0.167. The Balaban J connectivity index is 1.94. The third-order valence-electron chi connectivity index (χ3n) is 5.03. The zero-order chi connectivity index (χ0) is 21.3. The third kappa shape index (κ3) is 12.2. The second-order valence-electron chi connectivity index (χ2n) is 7.72. The average molecular weight is 413 g/mol. The second-order valence-corrected chi connectivity index (χ2v) is 7.72. The lowest BCUT2D eigenvalue weighted by Crippen LogP contribution is -2.54. The number of carbonyl (C=O) groups is 1. The zero-order valence-electron chi connectivity index (χ0n) is 17.9. The molecule has 0 aromatic carbocycles. The van der Waals surface area contributed by atoms with E-state index in [2.05, 4.69) is 31.2 Å². The zero-order valence-corrected chi connectivity index (χ0v) is 17.9. The number of carbonyl (C=O) groups excluding carboxylic acids is 1. The van der Waals surface area contributed by atoms with Crippen LogP contribution in [0, 0.1) is 0 Å². The molecule has 0 spiro atoms. The highest BCUT2D eigenvalue weighted by atomic mass is 16.7. The molecule has 0 aliphatic carbocycles. The van der Waals surface area contributed by atoms with E-state index < -0.39 is 30.6 Å². The fourth-order valence-electron chi connectivity index (χ4n) is 3.15. The van der Waals surface area contributed by atoms with Crippen molar-refractivity contribution < 1.29 is 29.6 Å². The number of aliphatic hydroxyl groups excluding tert-OH is 3. The summed E-state index contributed by atoms with van der Waals surface area (Å²) in [6, 6.07) is 0. The van der Waals surface area contributed by atoms with E-state index in [4.69, 9.17) is 9.47 Å². The number of esters is 1. The van der Waals surface area contributed by atoms with E-state index in [1.807, 2.05) is 0 Å².